The maximum atomic E-state index is 13.1. The van der Waals surface area contributed by atoms with Gasteiger partial charge in [-0.3, -0.25) is 0 Å². The molecule has 5 atom stereocenters. The van der Waals surface area contributed by atoms with Crippen LogP contribution < -0.4 is 5.32 Å². The topological polar surface area (TPSA) is 52.7 Å². The first-order valence-electron chi connectivity index (χ1n) is 7.89. The first kappa shape index (κ1) is 14.8. The third-order valence-corrected chi connectivity index (χ3v) is 7.25. The molecular formula is C14H27N3O2S. The lowest BCUT2D eigenvalue weighted by molar-refractivity contribution is 0.200. The molecule has 0 aromatic heterocycles. The van der Waals surface area contributed by atoms with E-state index < -0.39 is 10.2 Å². The Morgan fingerprint density at radius 1 is 1.00 bits per heavy atom. The van der Waals surface area contributed by atoms with Crippen LogP contribution in [0.4, 0.5) is 0 Å². The van der Waals surface area contributed by atoms with Crippen LogP contribution in [0, 0.1) is 17.8 Å². The molecule has 0 aromatic carbocycles. The molecule has 20 heavy (non-hydrogen) atoms. The van der Waals surface area contributed by atoms with Gasteiger partial charge in [-0.25, -0.2) is 0 Å². The van der Waals surface area contributed by atoms with E-state index in [0.29, 0.717) is 30.8 Å². The molecule has 0 bridgehead atoms. The van der Waals surface area contributed by atoms with Crippen LogP contribution in [0.1, 0.15) is 33.6 Å². The van der Waals surface area contributed by atoms with Crippen molar-refractivity contribution in [3.63, 3.8) is 0 Å². The summed E-state index contributed by atoms with van der Waals surface area (Å²) in [5.41, 5.74) is 0. The van der Waals surface area contributed by atoms with Crippen molar-refractivity contribution < 1.29 is 8.42 Å². The predicted molar refractivity (Wildman–Crippen MR) is 79.5 cm³/mol. The predicted octanol–water partition coefficient (Wildman–Crippen LogP) is 0.891. The molecule has 3 heterocycles. The van der Waals surface area contributed by atoms with Gasteiger partial charge in [0.1, 0.15) is 0 Å². The summed E-state index contributed by atoms with van der Waals surface area (Å²) in [5, 5.41) is 3.34. The van der Waals surface area contributed by atoms with Gasteiger partial charge in [-0.1, -0.05) is 13.8 Å². The fourth-order valence-corrected chi connectivity index (χ4v) is 6.73. The Kier molecular flexibility index (Phi) is 3.86. The van der Waals surface area contributed by atoms with Crippen molar-refractivity contribution in [2.75, 3.05) is 26.2 Å². The lowest BCUT2D eigenvalue weighted by Gasteiger charge is -2.38. The van der Waals surface area contributed by atoms with E-state index in [1.54, 1.807) is 4.31 Å². The van der Waals surface area contributed by atoms with Crippen molar-refractivity contribution in [1.82, 2.24) is 13.9 Å². The van der Waals surface area contributed by atoms with E-state index in [9.17, 15) is 8.42 Å². The highest BCUT2D eigenvalue weighted by atomic mass is 32.2. The van der Waals surface area contributed by atoms with Gasteiger partial charge in [-0.15, -0.1) is 0 Å². The van der Waals surface area contributed by atoms with Crippen LogP contribution in [0.5, 0.6) is 0 Å². The zero-order valence-corrected chi connectivity index (χ0v) is 13.6. The number of nitrogens with zero attached hydrogens (tertiary/aromatic N) is 2. The van der Waals surface area contributed by atoms with Crippen LogP contribution in [0.25, 0.3) is 0 Å². The molecule has 3 fully saturated rings. The molecule has 5 nitrogen and oxygen atoms in total. The fraction of sp³-hybridized carbons (Fsp3) is 1.00. The van der Waals surface area contributed by atoms with Crippen LogP contribution in [0.2, 0.25) is 0 Å². The summed E-state index contributed by atoms with van der Waals surface area (Å²) in [6.07, 6.45) is 2.13. The van der Waals surface area contributed by atoms with E-state index in [4.69, 9.17) is 0 Å². The minimum Gasteiger partial charge on any atom is -0.315 e. The van der Waals surface area contributed by atoms with Gasteiger partial charge in [0.2, 0.25) is 0 Å². The third kappa shape index (κ3) is 2.40. The van der Waals surface area contributed by atoms with Crippen molar-refractivity contribution in [3.8, 4) is 0 Å². The number of hydrogen-bond acceptors (Lipinski definition) is 3. The number of piperidine rings is 1. The van der Waals surface area contributed by atoms with Crippen molar-refractivity contribution in [2.45, 2.75) is 45.7 Å². The second kappa shape index (κ2) is 5.23. The number of hydrogen-bond donors (Lipinski definition) is 1. The molecule has 0 amide bonds. The van der Waals surface area contributed by atoms with E-state index in [1.807, 2.05) is 4.31 Å². The summed E-state index contributed by atoms with van der Waals surface area (Å²) in [4.78, 5) is 0. The summed E-state index contributed by atoms with van der Waals surface area (Å²) < 4.78 is 29.7. The van der Waals surface area contributed by atoms with Gasteiger partial charge in [-0.2, -0.15) is 17.0 Å². The van der Waals surface area contributed by atoms with Gasteiger partial charge in [0, 0.05) is 31.7 Å². The molecule has 3 aliphatic rings. The molecule has 6 heteroatoms. The molecule has 0 aliphatic carbocycles. The average Bonchev–Trinajstić information content (AvgIpc) is 2.86. The maximum Gasteiger partial charge on any atom is 0.282 e. The number of rotatable bonds is 2. The highest BCUT2D eigenvalue weighted by Crippen LogP contribution is 2.36. The minimum atomic E-state index is -3.30. The lowest BCUT2D eigenvalue weighted by atomic mass is 9.94. The Bertz CT molecular complexity index is 457. The molecule has 1 N–H and O–H groups in total. The molecule has 3 saturated heterocycles. The monoisotopic (exact) mass is 301 g/mol. The number of fused-ring (bicyclic) bond motifs is 1. The zero-order chi connectivity index (χ0) is 14.5. The van der Waals surface area contributed by atoms with Crippen molar-refractivity contribution in [2.24, 2.45) is 17.8 Å². The van der Waals surface area contributed by atoms with Gasteiger partial charge in [-0.05, 0) is 44.1 Å². The second-order valence-electron chi connectivity index (χ2n) is 7.17. The summed E-state index contributed by atoms with van der Waals surface area (Å²) in [6, 6.07) is 0.312. The Morgan fingerprint density at radius 3 is 2.30 bits per heavy atom. The Balaban J connectivity index is 1.83. The highest BCUT2D eigenvalue weighted by Gasteiger charge is 2.49. The molecule has 3 aliphatic heterocycles. The van der Waals surface area contributed by atoms with E-state index >= 15 is 0 Å². The molecule has 116 valence electrons. The molecule has 5 unspecified atom stereocenters. The van der Waals surface area contributed by atoms with Crippen LogP contribution in [-0.4, -0.2) is 55.3 Å². The standard InChI is InChI=1S/C14H27N3O2S/c1-10-4-11(2)9-16(8-10)20(18,19)17-12(3)5-13-6-15-7-14(13)17/h10-15H,4-9H2,1-3H3. The molecule has 0 radical (unpaired) electrons. The van der Waals surface area contributed by atoms with Crippen LogP contribution in [0.15, 0.2) is 0 Å². The highest BCUT2D eigenvalue weighted by molar-refractivity contribution is 7.86. The zero-order valence-electron chi connectivity index (χ0n) is 12.7. The molecule has 0 spiro atoms. The van der Waals surface area contributed by atoms with Crippen molar-refractivity contribution >= 4 is 10.2 Å². The first-order valence-corrected chi connectivity index (χ1v) is 9.28. The second-order valence-corrected chi connectivity index (χ2v) is 9.00. The normalized spacial score (nSPS) is 43.9. The van der Waals surface area contributed by atoms with E-state index in [0.717, 1.165) is 25.9 Å². The first-order chi connectivity index (χ1) is 9.39. The van der Waals surface area contributed by atoms with Gasteiger partial charge in [0.25, 0.3) is 10.2 Å². The summed E-state index contributed by atoms with van der Waals surface area (Å²) in [5.74, 6) is 1.42. The van der Waals surface area contributed by atoms with Crippen LogP contribution in [-0.2, 0) is 10.2 Å². The fourth-order valence-electron chi connectivity index (χ4n) is 4.45. The quantitative estimate of drug-likeness (QED) is 0.824. The van der Waals surface area contributed by atoms with Crippen LogP contribution in [0.3, 0.4) is 0 Å². The molecular weight excluding hydrogens is 274 g/mol. The number of nitrogens with one attached hydrogen (secondary N) is 1. The Morgan fingerprint density at radius 2 is 1.65 bits per heavy atom. The summed E-state index contributed by atoms with van der Waals surface area (Å²) in [7, 11) is -3.30. The van der Waals surface area contributed by atoms with E-state index in [-0.39, 0.29) is 12.1 Å². The minimum absolute atomic E-state index is 0.143. The van der Waals surface area contributed by atoms with E-state index in [1.165, 1.54) is 0 Å². The third-order valence-electron chi connectivity index (χ3n) is 5.14. The SMILES string of the molecule is CC1CC(C)CN(S(=O)(=O)N2C(C)CC3CNCC32)C1. The molecule has 0 aromatic rings. The van der Waals surface area contributed by atoms with Gasteiger partial charge in [0.15, 0.2) is 0 Å². The summed E-state index contributed by atoms with van der Waals surface area (Å²) in [6.45, 7) is 9.52. The maximum absolute atomic E-state index is 13.1. The molecule has 0 saturated carbocycles. The van der Waals surface area contributed by atoms with Crippen molar-refractivity contribution in [1.29, 1.82) is 0 Å². The molecule has 3 rings (SSSR count). The van der Waals surface area contributed by atoms with Gasteiger partial charge >= 0.3 is 0 Å². The smallest absolute Gasteiger partial charge is 0.282 e. The van der Waals surface area contributed by atoms with Crippen molar-refractivity contribution in [3.05, 3.63) is 0 Å². The van der Waals surface area contributed by atoms with Gasteiger partial charge < -0.3 is 5.32 Å². The van der Waals surface area contributed by atoms with E-state index in [2.05, 4.69) is 26.1 Å². The lowest BCUT2D eigenvalue weighted by Crippen LogP contribution is -2.53. The average molecular weight is 301 g/mol. The van der Waals surface area contributed by atoms with Gasteiger partial charge in [0.05, 0.1) is 0 Å². The summed E-state index contributed by atoms with van der Waals surface area (Å²) >= 11 is 0. The Labute approximate surface area is 122 Å². The Hall–Kier alpha value is -0.170. The largest absolute Gasteiger partial charge is 0.315 e. The van der Waals surface area contributed by atoms with Crippen LogP contribution >= 0.6 is 0 Å².